The van der Waals surface area contributed by atoms with Crippen molar-refractivity contribution in [2.24, 2.45) is 0 Å². The maximum absolute atomic E-state index is 12.9. The molecule has 0 spiro atoms. The molecule has 4 rings (SSSR count). The highest BCUT2D eigenvalue weighted by molar-refractivity contribution is 7.14. The first-order valence-electron chi connectivity index (χ1n) is 10.0. The van der Waals surface area contributed by atoms with Crippen LogP contribution in [-0.2, 0) is 6.54 Å². The lowest BCUT2D eigenvalue weighted by molar-refractivity contribution is 0.0623. The first-order chi connectivity index (χ1) is 14.6. The van der Waals surface area contributed by atoms with Gasteiger partial charge >= 0.3 is 0 Å². The number of carbonyl (C=O) groups is 1. The number of nitrogens with zero attached hydrogens (tertiary/aromatic N) is 3. The van der Waals surface area contributed by atoms with Gasteiger partial charge in [0.05, 0.1) is 12.8 Å². The molecular weight excluding hydrogens is 396 g/mol. The zero-order chi connectivity index (χ0) is 20.9. The molecule has 1 amide bonds. The zero-order valence-corrected chi connectivity index (χ0v) is 18.1. The van der Waals surface area contributed by atoms with Crippen LogP contribution in [0.15, 0.2) is 53.9 Å². The van der Waals surface area contributed by atoms with Crippen LogP contribution >= 0.6 is 11.3 Å². The molecule has 30 heavy (non-hydrogen) atoms. The van der Waals surface area contributed by atoms with Crippen LogP contribution in [0.4, 0.5) is 10.8 Å². The molecule has 0 saturated carbocycles. The average molecular weight is 423 g/mol. The summed E-state index contributed by atoms with van der Waals surface area (Å²) in [6.07, 6.45) is 0. The molecule has 0 radical (unpaired) electrons. The van der Waals surface area contributed by atoms with Crippen LogP contribution in [0, 0.1) is 6.92 Å². The molecule has 1 fully saturated rings. The lowest BCUT2D eigenvalue weighted by atomic mass is 10.2. The van der Waals surface area contributed by atoms with Gasteiger partial charge in [-0.3, -0.25) is 9.69 Å². The molecule has 1 aliphatic rings. The Morgan fingerprint density at radius 3 is 2.63 bits per heavy atom. The Morgan fingerprint density at radius 1 is 1.13 bits per heavy atom. The van der Waals surface area contributed by atoms with Gasteiger partial charge in [0.2, 0.25) is 0 Å². The number of ether oxygens (including phenoxy) is 1. The number of thiazole rings is 1. The molecule has 1 aliphatic heterocycles. The monoisotopic (exact) mass is 422 g/mol. The van der Waals surface area contributed by atoms with E-state index in [1.165, 1.54) is 16.9 Å². The van der Waals surface area contributed by atoms with Crippen LogP contribution in [0.2, 0.25) is 0 Å². The molecule has 2 heterocycles. The summed E-state index contributed by atoms with van der Waals surface area (Å²) >= 11 is 1.43. The van der Waals surface area contributed by atoms with Crippen molar-refractivity contribution in [2.75, 3.05) is 38.6 Å². The second-order valence-electron chi connectivity index (χ2n) is 7.42. The Morgan fingerprint density at radius 2 is 1.90 bits per heavy atom. The maximum Gasteiger partial charge on any atom is 0.273 e. The van der Waals surface area contributed by atoms with E-state index < -0.39 is 0 Å². The number of rotatable bonds is 6. The number of anilines is 2. The largest absolute Gasteiger partial charge is 0.495 e. The van der Waals surface area contributed by atoms with Crippen molar-refractivity contribution in [1.82, 2.24) is 14.8 Å². The van der Waals surface area contributed by atoms with E-state index in [1.54, 1.807) is 7.11 Å². The van der Waals surface area contributed by atoms with Gasteiger partial charge in [0, 0.05) is 38.1 Å². The van der Waals surface area contributed by atoms with Gasteiger partial charge in [-0.1, -0.05) is 36.4 Å². The van der Waals surface area contributed by atoms with Crippen molar-refractivity contribution in [1.29, 1.82) is 0 Å². The summed E-state index contributed by atoms with van der Waals surface area (Å²) in [7, 11) is 1.64. The molecule has 156 valence electrons. The number of nitrogens with one attached hydrogen (secondary N) is 1. The predicted octanol–water partition coefficient (Wildman–Crippen LogP) is 4.16. The number of methoxy groups -OCH3 is 1. The van der Waals surface area contributed by atoms with Crippen LogP contribution in [0.25, 0.3) is 0 Å². The third-order valence-electron chi connectivity index (χ3n) is 5.23. The van der Waals surface area contributed by atoms with Gasteiger partial charge in [-0.05, 0) is 30.2 Å². The number of amides is 1. The number of hydrogen-bond donors (Lipinski definition) is 1. The summed E-state index contributed by atoms with van der Waals surface area (Å²) in [6.45, 7) is 6.13. The summed E-state index contributed by atoms with van der Waals surface area (Å²) in [4.78, 5) is 21.7. The topological polar surface area (TPSA) is 57.7 Å². The van der Waals surface area contributed by atoms with Gasteiger partial charge < -0.3 is 15.0 Å². The third kappa shape index (κ3) is 4.80. The van der Waals surface area contributed by atoms with E-state index in [0.29, 0.717) is 10.8 Å². The molecule has 0 aliphatic carbocycles. The van der Waals surface area contributed by atoms with E-state index >= 15 is 0 Å². The summed E-state index contributed by atoms with van der Waals surface area (Å²) in [5, 5.41) is 5.79. The van der Waals surface area contributed by atoms with Crippen molar-refractivity contribution < 1.29 is 9.53 Å². The molecule has 6 nitrogen and oxygen atoms in total. The minimum Gasteiger partial charge on any atom is -0.495 e. The molecule has 0 atom stereocenters. The van der Waals surface area contributed by atoms with Crippen molar-refractivity contribution in [3.63, 3.8) is 0 Å². The van der Waals surface area contributed by atoms with Crippen molar-refractivity contribution in [3.05, 3.63) is 70.7 Å². The van der Waals surface area contributed by atoms with Crippen LogP contribution in [0.1, 0.15) is 21.6 Å². The number of piperazine rings is 1. The van der Waals surface area contributed by atoms with Crippen LogP contribution < -0.4 is 10.1 Å². The van der Waals surface area contributed by atoms with Gasteiger partial charge in [-0.25, -0.2) is 4.98 Å². The SMILES string of the molecule is COc1ccc(C)cc1Nc1nc(C(=O)N2CCN(Cc3ccccc3)CC2)cs1. The van der Waals surface area contributed by atoms with Gasteiger partial charge in [-0.2, -0.15) is 0 Å². The summed E-state index contributed by atoms with van der Waals surface area (Å²) in [5.74, 6) is 0.744. The fourth-order valence-electron chi connectivity index (χ4n) is 3.58. The lowest BCUT2D eigenvalue weighted by Crippen LogP contribution is -2.48. The number of hydrogen-bond acceptors (Lipinski definition) is 6. The smallest absolute Gasteiger partial charge is 0.273 e. The van der Waals surface area contributed by atoms with E-state index in [1.807, 2.05) is 41.5 Å². The summed E-state index contributed by atoms with van der Waals surface area (Å²) in [5.41, 5.74) is 3.77. The Bertz CT molecular complexity index is 997. The van der Waals surface area contributed by atoms with Crippen LogP contribution in [-0.4, -0.2) is 54.0 Å². The summed E-state index contributed by atoms with van der Waals surface area (Å²) in [6, 6.07) is 16.4. The number of aromatic nitrogens is 1. The Hall–Kier alpha value is -2.90. The molecule has 7 heteroatoms. The first-order valence-corrected chi connectivity index (χ1v) is 10.9. The number of benzene rings is 2. The zero-order valence-electron chi connectivity index (χ0n) is 17.3. The van der Waals surface area contributed by atoms with Crippen LogP contribution in [0.3, 0.4) is 0 Å². The second-order valence-corrected chi connectivity index (χ2v) is 8.28. The van der Waals surface area contributed by atoms with E-state index in [4.69, 9.17) is 4.74 Å². The van der Waals surface area contributed by atoms with Crippen molar-refractivity contribution in [2.45, 2.75) is 13.5 Å². The van der Waals surface area contributed by atoms with Crippen molar-refractivity contribution in [3.8, 4) is 5.75 Å². The number of carbonyl (C=O) groups excluding carboxylic acids is 1. The van der Waals surface area contributed by atoms with Gasteiger partial charge in [-0.15, -0.1) is 11.3 Å². The Kier molecular flexibility index (Phi) is 6.30. The Balaban J connectivity index is 1.35. The van der Waals surface area contributed by atoms with E-state index in [-0.39, 0.29) is 5.91 Å². The molecule has 1 aromatic heterocycles. The first kappa shape index (κ1) is 20.4. The highest BCUT2D eigenvalue weighted by atomic mass is 32.1. The molecule has 0 bridgehead atoms. The van der Waals surface area contributed by atoms with Gasteiger partial charge in [0.15, 0.2) is 5.13 Å². The molecule has 0 unspecified atom stereocenters. The van der Waals surface area contributed by atoms with E-state index in [0.717, 1.165) is 49.7 Å². The fraction of sp³-hybridized carbons (Fsp3) is 0.304. The second kappa shape index (κ2) is 9.28. The summed E-state index contributed by atoms with van der Waals surface area (Å²) < 4.78 is 5.41. The van der Waals surface area contributed by atoms with Crippen molar-refractivity contribution >= 4 is 28.1 Å². The molecular formula is C23H26N4O2S. The average Bonchev–Trinajstić information content (AvgIpc) is 3.23. The standard InChI is InChI=1S/C23H26N4O2S/c1-17-8-9-21(29-2)19(14-17)24-23-25-20(16-30-23)22(28)27-12-10-26(11-13-27)15-18-6-4-3-5-7-18/h3-9,14,16H,10-13,15H2,1-2H3,(H,24,25). The highest BCUT2D eigenvalue weighted by Crippen LogP contribution is 2.30. The quantitative estimate of drug-likeness (QED) is 0.646. The highest BCUT2D eigenvalue weighted by Gasteiger charge is 2.24. The fourth-order valence-corrected chi connectivity index (χ4v) is 4.27. The molecule has 1 saturated heterocycles. The predicted molar refractivity (Wildman–Crippen MR) is 121 cm³/mol. The molecule has 2 aromatic carbocycles. The minimum atomic E-state index is -0.00475. The lowest BCUT2D eigenvalue weighted by Gasteiger charge is -2.34. The maximum atomic E-state index is 12.9. The third-order valence-corrected chi connectivity index (χ3v) is 5.99. The molecule has 3 aromatic rings. The number of aryl methyl sites for hydroxylation is 1. The van der Waals surface area contributed by atoms with E-state index in [9.17, 15) is 4.79 Å². The normalized spacial score (nSPS) is 14.5. The molecule has 1 N–H and O–H groups in total. The minimum absolute atomic E-state index is 0.00475. The Labute approximate surface area is 181 Å². The van der Waals surface area contributed by atoms with E-state index in [2.05, 4.69) is 39.5 Å². The van der Waals surface area contributed by atoms with Crippen LogP contribution in [0.5, 0.6) is 5.75 Å². The van der Waals surface area contributed by atoms with Gasteiger partial charge in [0.25, 0.3) is 5.91 Å². The van der Waals surface area contributed by atoms with Gasteiger partial charge in [0.1, 0.15) is 11.4 Å².